The summed E-state index contributed by atoms with van der Waals surface area (Å²) in [6.45, 7) is 10.4. The highest BCUT2D eigenvalue weighted by Crippen LogP contribution is 2.22. The van der Waals surface area contributed by atoms with Crippen molar-refractivity contribution in [3.05, 3.63) is 96.1 Å². The molecule has 0 heterocycles. The number of hydrogen-bond acceptors (Lipinski definition) is 7. The van der Waals surface area contributed by atoms with Crippen LogP contribution in [0.4, 0.5) is 0 Å². The smallest absolute Gasteiger partial charge is 0.243 e. The van der Waals surface area contributed by atoms with Gasteiger partial charge in [-0.05, 0) is 57.3 Å². The van der Waals surface area contributed by atoms with Gasteiger partial charge in [0.15, 0.2) is 0 Å². The summed E-state index contributed by atoms with van der Waals surface area (Å²) in [5, 5.41) is 28.9. The van der Waals surface area contributed by atoms with E-state index in [4.69, 9.17) is 5.73 Å². The third-order valence-electron chi connectivity index (χ3n) is 10.2. The number of hydrogen-bond donors (Lipinski definition) is 7. The van der Waals surface area contributed by atoms with Gasteiger partial charge >= 0.3 is 0 Å². The lowest BCUT2D eigenvalue weighted by molar-refractivity contribution is -0.134. The Kier molecular flexibility index (Phi) is 16.3. The number of nitrogens with two attached hydrogens (primary N) is 1. The molecule has 0 aliphatic heterocycles. The number of fused-ring (bicyclic) bond motifs is 2. The van der Waals surface area contributed by atoms with E-state index in [1.54, 1.807) is 20.8 Å². The molecular formula is C45H58N6O7. The van der Waals surface area contributed by atoms with Crippen LogP contribution in [-0.2, 0) is 41.6 Å². The first-order valence-corrected chi connectivity index (χ1v) is 20.0. The minimum absolute atomic E-state index is 0.00146. The largest absolute Gasteiger partial charge is 0.390 e. The van der Waals surface area contributed by atoms with Crippen molar-refractivity contribution in [2.45, 2.75) is 110 Å². The van der Waals surface area contributed by atoms with Gasteiger partial charge < -0.3 is 37.4 Å². The van der Waals surface area contributed by atoms with Gasteiger partial charge in [-0.1, -0.05) is 120 Å². The monoisotopic (exact) mass is 794 g/mol. The molecule has 0 spiro atoms. The van der Waals surface area contributed by atoms with E-state index in [0.717, 1.165) is 32.7 Å². The maximum Gasteiger partial charge on any atom is 0.243 e. The average Bonchev–Trinajstić information content (AvgIpc) is 3.17. The molecule has 6 unspecified atom stereocenters. The van der Waals surface area contributed by atoms with E-state index in [1.165, 1.54) is 6.92 Å². The lowest BCUT2D eigenvalue weighted by atomic mass is 9.95. The highest BCUT2D eigenvalue weighted by atomic mass is 16.3. The molecule has 13 heteroatoms. The van der Waals surface area contributed by atoms with E-state index in [2.05, 4.69) is 26.6 Å². The highest BCUT2D eigenvalue weighted by molar-refractivity contribution is 5.94. The van der Waals surface area contributed by atoms with Gasteiger partial charge in [-0.25, -0.2) is 0 Å². The van der Waals surface area contributed by atoms with Crippen molar-refractivity contribution in [2.75, 3.05) is 0 Å². The number of carbonyl (C=O) groups excluding carboxylic acids is 6. The van der Waals surface area contributed by atoms with E-state index < -0.39 is 78.2 Å². The van der Waals surface area contributed by atoms with Crippen LogP contribution < -0.4 is 32.3 Å². The molecule has 0 bridgehead atoms. The van der Waals surface area contributed by atoms with Crippen LogP contribution >= 0.6 is 0 Å². The summed E-state index contributed by atoms with van der Waals surface area (Å²) >= 11 is 0. The summed E-state index contributed by atoms with van der Waals surface area (Å²) in [7, 11) is 0. The Hall–Kier alpha value is -5.82. The fourth-order valence-electron chi connectivity index (χ4n) is 7.15. The van der Waals surface area contributed by atoms with Gasteiger partial charge in [-0.3, -0.25) is 28.8 Å². The SMILES string of the molecule is CCC(NC(=O)CC(O)C(CC(C)C)NC(=O)C(NC(=O)C(Cc1cccc2ccccc12)NC(C)=O)C(C)C)C(=O)NC(Cc1cccc2ccccc12)C(N)=O. The standard InChI is InChI=1S/C45H58N6O7/c1-7-35(43(56)50-37(42(46)55)23-31-18-12-16-29-14-8-10-20-33(29)31)48-40(54)25-39(53)36(22-26(2)3)49-45(58)41(27(4)5)51-44(57)38(47-28(6)52)24-32-19-13-17-30-15-9-11-21-34(30)32/h8-21,26-27,35-39,41,53H,7,22-25H2,1-6H3,(H2,46,55)(H,47,52)(H,48,54)(H,49,58)(H,50,56)(H,51,57). The van der Waals surface area contributed by atoms with Crippen LogP contribution in [0.15, 0.2) is 84.9 Å². The molecule has 8 N–H and O–H groups in total. The molecule has 310 valence electrons. The second kappa shape index (κ2) is 21.1. The van der Waals surface area contributed by atoms with E-state index in [-0.39, 0.29) is 31.1 Å². The first kappa shape index (κ1) is 44.9. The summed E-state index contributed by atoms with van der Waals surface area (Å²) < 4.78 is 0. The predicted octanol–water partition coefficient (Wildman–Crippen LogP) is 3.57. The van der Waals surface area contributed by atoms with E-state index >= 15 is 0 Å². The van der Waals surface area contributed by atoms with E-state index in [9.17, 15) is 33.9 Å². The van der Waals surface area contributed by atoms with Crippen LogP contribution in [0.25, 0.3) is 21.5 Å². The molecule has 6 atom stereocenters. The first-order chi connectivity index (χ1) is 27.6. The molecule has 58 heavy (non-hydrogen) atoms. The Morgan fingerprint density at radius 1 is 0.621 bits per heavy atom. The zero-order valence-electron chi connectivity index (χ0n) is 34.2. The third kappa shape index (κ3) is 12.6. The van der Waals surface area contributed by atoms with Gasteiger partial charge in [-0.2, -0.15) is 0 Å². The van der Waals surface area contributed by atoms with E-state index in [0.29, 0.717) is 6.42 Å². The molecule has 0 saturated carbocycles. The van der Waals surface area contributed by atoms with Crippen molar-refractivity contribution >= 4 is 57.0 Å². The molecule has 0 aromatic heterocycles. The number of amides is 6. The molecule has 0 radical (unpaired) electrons. The van der Waals surface area contributed by atoms with Crippen LogP contribution in [0.2, 0.25) is 0 Å². The van der Waals surface area contributed by atoms with Crippen molar-refractivity contribution < 1.29 is 33.9 Å². The normalized spacial score (nSPS) is 14.5. The molecule has 4 rings (SSSR count). The van der Waals surface area contributed by atoms with Crippen molar-refractivity contribution in [3.63, 3.8) is 0 Å². The summed E-state index contributed by atoms with van der Waals surface area (Å²) in [4.78, 5) is 78.9. The van der Waals surface area contributed by atoms with Gasteiger partial charge in [0.05, 0.1) is 18.6 Å². The Morgan fingerprint density at radius 3 is 1.64 bits per heavy atom. The maximum absolute atomic E-state index is 13.8. The first-order valence-electron chi connectivity index (χ1n) is 20.0. The lowest BCUT2D eigenvalue weighted by Crippen LogP contribution is -2.58. The van der Waals surface area contributed by atoms with E-state index in [1.807, 2.05) is 98.8 Å². The summed E-state index contributed by atoms with van der Waals surface area (Å²) in [5.74, 6) is -3.85. The van der Waals surface area contributed by atoms with Crippen molar-refractivity contribution in [1.29, 1.82) is 0 Å². The van der Waals surface area contributed by atoms with Gasteiger partial charge in [0.1, 0.15) is 24.2 Å². The Labute approximate surface area is 340 Å². The molecular weight excluding hydrogens is 737 g/mol. The highest BCUT2D eigenvalue weighted by Gasteiger charge is 2.33. The number of primary amides is 1. The predicted molar refractivity (Wildman–Crippen MR) is 225 cm³/mol. The van der Waals surface area contributed by atoms with Gasteiger partial charge in [0, 0.05) is 19.8 Å². The van der Waals surface area contributed by atoms with Gasteiger partial charge in [-0.15, -0.1) is 0 Å². The number of carbonyl (C=O) groups is 6. The number of benzene rings is 4. The van der Waals surface area contributed by atoms with Crippen molar-refractivity contribution in [1.82, 2.24) is 26.6 Å². The van der Waals surface area contributed by atoms with Crippen molar-refractivity contribution in [3.8, 4) is 0 Å². The zero-order valence-corrected chi connectivity index (χ0v) is 34.2. The fraction of sp³-hybridized carbons (Fsp3) is 0.422. The lowest BCUT2D eigenvalue weighted by Gasteiger charge is -2.30. The number of aliphatic hydroxyl groups is 1. The molecule has 0 fully saturated rings. The zero-order chi connectivity index (χ0) is 42.5. The molecule has 0 saturated heterocycles. The van der Waals surface area contributed by atoms with Gasteiger partial charge in [0.25, 0.3) is 0 Å². The third-order valence-corrected chi connectivity index (χ3v) is 10.2. The number of nitrogens with one attached hydrogen (secondary N) is 5. The average molecular weight is 795 g/mol. The van der Waals surface area contributed by atoms with Crippen molar-refractivity contribution in [2.24, 2.45) is 17.6 Å². The number of aliphatic hydroxyl groups excluding tert-OH is 1. The Bertz CT molecular complexity index is 2070. The topological polar surface area (TPSA) is 209 Å². The summed E-state index contributed by atoms with van der Waals surface area (Å²) in [5.41, 5.74) is 7.38. The molecule has 0 aliphatic rings. The quantitative estimate of drug-likeness (QED) is 0.0707. The van der Waals surface area contributed by atoms with Crippen LogP contribution in [0, 0.1) is 11.8 Å². The maximum atomic E-state index is 13.8. The summed E-state index contributed by atoms with van der Waals surface area (Å²) in [6, 6.07) is 21.9. The summed E-state index contributed by atoms with van der Waals surface area (Å²) in [6.07, 6.45) is -0.953. The molecule has 0 aliphatic carbocycles. The van der Waals surface area contributed by atoms with Crippen LogP contribution in [0.1, 0.15) is 71.9 Å². The number of rotatable bonds is 20. The Balaban J connectivity index is 1.41. The molecule has 13 nitrogen and oxygen atoms in total. The van der Waals surface area contributed by atoms with Crippen LogP contribution in [0.5, 0.6) is 0 Å². The fourth-order valence-corrected chi connectivity index (χ4v) is 7.15. The van der Waals surface area contributed by atoms with Crippen LogP contribution in [-0.4, -0.2) is 76.9 Å². The molecule has 4 aromatic rings. The van der Waals surface area contributed by atoms with Gasteiger partial charge in [0.2, 0.25) is 35.4 Å². The molecule has 6 amide bonds. The minimum Gasteiger partial charge on any atom is -0.390 e. The molecule has 4 aromatic carbocycles. The second-order valence-electron chi connectivity index (χ2n) is 15.7. The second-order valence-corrected chi connectivity index (χ2v) is 15.7. The minimum atomic E-state index is -1.35. The Morgan fingerprint density at radius 2 is 1.14 bits per heavy atom. The van der Waals surface area contributed by atoms with Crippen LogP contribution in [0.3, 0.4) is 0 Å².